The monoisotopic (exact) mass is 185 g/mol. The van der Waals surface area contributed by atoms with E-state index in [-0.39, 0.29) is 12.0 Å². The van der Waals surface area contributed by atoms with Crippen LogP contribution in [0.5, 0.6) is 0 Å². The van der Waals surface area contributed by atoms with Gasteiger partial charge in [-0.2, -0.15) is 0 Å². The Morgan fingerprint density at radius 2 is 2.08 bits per heavy atom. The molecule has 1 N–H and O–H groups in total. The van der Waals surface area contributed by atoms with E-state index in [9.17, 15) is 9.90 Å². The molecule has 0 aromatic rings. The van der Waals surface area contributed by atoms with E-state index in [4.69, 9.17) is 0 Å². The highest BCUT2D eigenvalue weighted by Crippen LogP contribution is 2.17. The predicted octanol–water partition coefficient (Wildman–Crippen LogP) is 0.668. The molecule has 1 heterocycles. The van der Waals surface area contributed by atoms with Crippen molar-refractivity contribution in [1.29, 1.82) is 0 Å². The van der Waals surface area contributed by atoms with E-state index in [1.807, 2.05) is 0 Å². The second-order valence-corrected chi connectivity index (χ2v) is 4.03. The third-order valence-corrected chi connectivity index (χ3v) is 2.68. The Labute approximate surface area is 79.7 Å². The van der Waals surface area contributed by atoms with Gasteiger partial charge < -0.3 is 10.0 Å². The van der Waals surface area contributed by atoms with Gasteiger partial charge in [0.15, 0.2) is 0 Å². The van der Waals surface area contributed by atoms with Crippen molar-refractivity contribution in [2.45, 2.75) is 32.8 Å². The first-order valence-electron chi connectivity index (χ1n) is 5.00. The summed E-state index contributed by atoms with van der Waals surface area (Å²) in [7, 11) is 0. The molecule has 3 nitrogen and oxygen atoms in total. The molecular formula is C10H19NO2. The van der Waals surface area contributed by atoms with E-state index >= 15 is 0 Å². The van der Waals surface area contributed by atoms with Gasteiger partial charge in [0.25, 0.3) is 0 Å². The highest BCUT2D eigenvalue weighted by molar-refractivity contribution is 5.78. The van der Waals surface area contributed by atoms with Crippen molar-refractivity contribution in [3.05, 3.63) is 0 Å². The molecule has 1 unspecified atom stereocenters. The average molecular weight is 185 g/mol. The van der Waals surface area contributed by atoms with E-state index in [1.54, 1.807) is 13.8 Å². The van der Waals surface area contributed by atoms with E-state index in [0.717, 1.165) is 32.5 Å². The molecule has 13 heavy (non-hydrogen) atoms. The zero-order chi connectivity index (χ0) is 9.84. The van der Waals surface area contributed by atoms with Crippen LogP contribution in [0.4, 0.5) is 0 Å². The molecule has 0 spiro atoms. The van der Waals surface area contributed by atoms with Crippen LogP contribution >= 0.6 is 0 Å². The number of ketones is 1. The number of β-amino-alcohol motifs (C(OH)–C–C–N with tert-alkyl or cyclic N) is 1. The normalized spacial score (nSPS) is 23.0. The molecule has 3 heteroatoms. The van der Waals surface area contributed by atoms with E-state index in [1.165, 1.54) is 0 Å². The van der Waals surface area contributed by atoms with Crippen molar-refractivity contribution in [2.75, 3.05) is 19.6 Å². The van der Waals surface area contributed by atoms with Gasteiger partial charge >= 0.3 is 0 Å². The van der Waals surface area contributed by atoms with Crippen LogP contribution < -0.4 is 0 Å². The number of hydrogen-bond acceptors (Lipinski definition) is 3. The summed E-state index contributed by atoms with van der Waals surface area (Å²) in [6.07, 6.45) is 1.67. The van der Waals surface area contributed by atoms with Crippen molar-refractivity contribution < 1.29 is 9.90 Å². The van der Waals surface area contributed by atoms with Crippen LogP contribution in [0.2, 0.25) is 0 Å². The van der Waals surface area contributed by atoms with Crippen LogP contribution in [-0.4, -0.2) is 41.5 Å². The molecule has 76 valence electrons. The van der Waals surface area contributed by atoms with Crippen LogP contribution in [0.25, 0.3) is 0 Å². The molecule has 0 amide bonds. The summed E-state index contributed by atoms with van der Waals surface area (Å²) in [5.74, 6) is 0.585. The lowest BCUT2D eigenvalue weighted by Gasteiger charge is -2.31. The number of hydrogen-bond donors (Lipinski definition) is 1. The molecule has 1 saturated heterocycles. The SMILES string of the molecule is CC(=O)C1CCN(CC(C)O)CC1. The van der Waals surface area contributed by atoms with Gasteiger partial charge in [-0.15, -0.1) is 0 Å². The minimum Gasteiger partial charge on any atom is -0.392 e. The number of likely N-dealkylation sites (tertiary alicyclic amines) is 1. The van der Waals surface area contributed by atoms with Gasteiger partial charge in [0, 0.05) is 12.5 Å². The molecule has 0 aromatic heterocycles. The summed E-state index contributed by atoms with van der Waals surface area (Å²) in [5, 5.41) is 9.17. The minimum atomic E-state index is -0.256. The number of Topliss-reactive ketones (excluding diaryl/α,β-unsaturated/α-hetero) is 1. The van der Waals surface area contributed by atoms with Crippen molar-refractivity contribution >= 4 is 5.78 Å². The number of carbonyl (C=O) groups is 1. The van der Waals surface area contributed by atoms with Gasteiger partial charge in [0.2, 0.25) is 0 Å². The van der Waals surface area contributed by atoms with Crippen LogP contribution in [0, 0.1) is 5.92 Å². The second-order valence-electron chi connectivity index (χ2n) is 4.03. The summed E-state index contributed by atoms with van der Waals surface area (Å²) in [6.45, 7) is 6.13. The Bertz CT molecular complexity index is 172. The van der Waals surface area contributed by atoms with Crippen molar-refractivity contribution in [3.63, 3.8) is 0 Å². The van der Waals surface area contributed by atoms with Crippen molar-refractivity contribution in [1.82, 2.24) is 4.90 Å². The summed E-state index contributed by atoms with van der Waals surface area (Å²) >= 11 is 0. The quantitative estimate of drug-likeness (QED) is 0.702. The first kappa shape index (κ1) is 10.7. The third-order valence-electron chi connectivity index (χ3n) is 2.68. The Hall–Kier alpha value is -0.410. The molecule has 1 atom stereocenters. The van der Waals surface area contributed by atoms with Gasteiger partial charge in [-0.3, -0.25) is 4.79 Å². The van der Waals surface area contributed by atoms with Crippen LogP contribution in [0.1, 0.15) is 26.7 Å². The fourth-order valence-electron chi connectivity index (χ4n) is 1.90. The third kappa shape index (κ3) is 3.44. The predicted molar refractivity (Wildman–Crippen MR) is 51.5 cm³/mol. The van der Waals surface area contributed by atoms with Crippen molar-refractivity contribution in [2.24, 2.45) is 5.92 Å². The van der Waals surface area contributed by atoms with E-state index < -0.39 is 0 Å². The molecule has 1 fully saturated rings. The summed E-state index contributed by atoms with van der Waals surface area (Å²) in [6, 6.07) is 0. The van der Waals surface area contributed by atoms with Crippen LogP contribution in [-0.2, 0) is 4.79 Å². The number of rotatable bonds is 3. The van der Waals surface area contributed by atoms with Crippen LogP contribution in [0.3, 0.4) is 0 Å². The van der Waals surface area contributed by atoms with Gasteiger partial charge in [-0.25, -0.2) is 0 Å². The Kier molecular flexibility index (Phi) is 3.88. The standard InChI is InChI=1S/C10H19NO2/c1-8(12)7-11-5-3-10(4-6-11)9(2)13/h8,10,12H,3-7H2,1-2H3. The first-order valence-corrected chi connectivity index (χ1v) is 5.00. The topological polar surface area (TPSA) is 40.5 Å². The lowest BCUT2D eigenvalue weighted by Crippen LogP contribution is -2.39. The molecule has 0 aliphatic carbocycles. The van der Waals surface area contributed by atoms with Gasteiger partial charge in [0.1, 0.15) is 5.78 Å². The number of aliphatic hydroxyl groups is 1. The highest BCUT2D eigenvalue weighted by atomic mass is 16.3. The molecule has 1 aliphatic heterocycles. The maximum atomic E-state index is 11.1. The maximum absolute atomic E-state index is 11.1. The lowest BCUT2D eigenvalue weighted by molar-refractivity contribution is -0.122. The fourth-order valence-corrected chi connectivity index (χ4v) is 1.90. The fraction of sp³-hybridized carbons (Fsp3) is 0.900. The number of aliphatic hydroxyl groups excluding tert-OH is 1. The Morgan fingerprint density at radius 3 is 2.46 bits per heavy atom. The Morgan fingerprint density at radius 1 is 1.54 bits per heavy atom. The zero-order valence-electron chi connectivity index (χ0n) is 8.49. The largest absolute Gasteiger partial charge is 0.392 e. The number of piperidine rings is 1. The molecule has 0 radical (unpaired) electrons. The molecule has 1 rings (SSSR count). The second kappa shape index (κ2) is 4.72. The number of carbonyl (C=O) groups excluding carboxylic acids is 1. The Balaban J connectivity index is 2.26. The summed E-state index contributed by atoms with van der Waals surface area (Å²) in [4.78, 5) is 13.3. The van der Waals surface area contributed by atoms with Gasteiger partial charge in [0.05, 0.1) is 6.10 Å². The first-order chi connectivity index (χ1) is 6.09. The highest BCUT2D eigenvalue weighted by Gasteiger charge is 2.22. The molecule has 0 aromatic carbocycles. The van der Waals surface area contributed by atoms with Gasteiger partial charge in [-0.1, -0.05) is 0 Å². The maximum Gasteiger partial charge on any atom is 0.133 e. The van der Waals surface area contributed by atoms with Gasteiger partial charge in [-0.05, 0) is 39.8 Å². The number of nitrogens with zero attached hydrogens (tertiary/aromatic N) is 1. The van der Waals surface area contributed by atoms with Crippen molar-refractivity contribution in [3.8, 4) is 0 Å². The molecule has 0 saturated carbocycles. The average Bonchev–Trinajstić information content (AvgIpc) is 2.04. The molecule has 0 bridgehead atoms. The zero-order valence-corrected chi connectivity index (χ0v) is 8.49. The minimum absolute atomic E-state index is 0.256. The van der Waals surface area contributed by atoms with Crippen LogP contribution in [0.15, 0.2) is 0 Å². The van der Waals surface area contributed by atoms with E-state index in [2.05, 4.69) is 4.90 Å². The molecular weight excluding hydrogens is 166 g/mol. The lowest BCUT2D eigenvalue weighted by atomic mass is 9.93. The smallest absolute Gasteiger partial charge is 0.133 e. The summed E-state index contributed by atoms with van der Waals surface area (Å²) < 4.78 is 0. The summed E-state index contributed by atoms with van der Waals surface area (Å²) in [5.41, 5.74) is 0. The molecule has 1 aliphatic rings. The van der Waals surface area contributed by atoms with E-state index in [0.29, 0.717) is 5.78 Å².